The average Bonchev–Trinajstić information content (AvgIpc) is 0.852. The molecule has 3 amide bonds. The van der Waals surface area contributed by atoms with E-state index in [1.165, 1.54) is 18.2 Å². The van der Waals surface area contributed by atoms with Crippen LogP contribution < -0.4 is 51.9 Å². The lowest BCUT2D eigenvalue weighted by Gasteiger charge is -2.35. The maximum atomic E-state index is 15.3. The van der Waals surface area contributed by atoms with Crippen LogP contribution in [-0.4, -0.2) is 249 Å². The van der Waals surface area contributed by atoms with Crippen LogP contribution in [0.3, 0.4) is 0 Å². The molecule has 9 aliphatic heterocycles. The van der Waals surface area contributed by atoms with E-state index in [0.29, 0.717) is 153 Å². The molecule has 0 saturated carbocycles. The molecular weight excluding hydrogens is 1650 g/mol. The zero-order chi connectivity index (χ0) is 90.1. The van der Waals surface area contributed by atoms with Crippen molar-refractivity contribution in [2.45, 2.75) is 69.6 Å². The number of carbonyl (C=O) groups excluding carboxylic acids is 3. The molecule has 0 spiro atoms. The molecule has 0 aliphatic carbocycles. The Hall–Kier alpha value is -11.0. The number of alkyl halides is 10. The van der Waals surface area contributed by atoms with E-state index in [4.69, 9.17) is 0 Å². The summed E-state index contributed by atoms with van der Waals surface area (Å²) in [5.74, 6) is -4.09. The lowest BCUT2D eigenvalue weighted by Crippen LogP contribution is -2.44. The largest absolute Gasteiger partial charge is 0.417 e. The summed E-state index contributed by atoms with van der Waals surface area (Å²) < 4.78 is 183. The Kier molecular flexibility index (Phi) is 29.6. The maximum absolute atomic E-state index is 15.3. The van der Waals surface area contributed by atoms with E-state index in [-0.39, 0.29) is 22.8 Å². The van der Waals surface area contributed by atoms with Gasteiger partial charge in [0.15, 0.2) is 0 Å². The predicted octanol–water partition coefficient (Wildman–Crippen LogP) is 14.5. The van der Waals surface area contributed by atoms with Crippen LogP contribution in [0.5, 0.6) is 0 Å². The standard InChI is InChI=1S/C32H38F4N6O.C31H34F5N5O.C30H34F4N6O/c1-21-15-27(32(34,35)36)26(18-37-21)31(43)38-29-17-23(6-8-30(29)42-13-11-40(4)12-14-42)25-16-22(5-7-28(25)33)19-41-10-9-24(20-41)39(2)3;1-20-15-26(31(34,35)36)25(18-37-20)30(42)38-28-17-22(4-6-29(28)41-13-11-39(2)12-14-41)24-16-21(3-5-27(24)33)19-40-9-7-23(32)8-10-40;1-20-15-25(30(32,33)34)24(18-36-20)29(41)37-27-17-22(4-6-28(27)40-13-11-38(2)12-14-40)23-16-21(3-5-26(23)31)19-39-9-7-35-8-10-39/h5-8,15-18,24,37H,1,9-14,19-20H2,2-4H3,(H,38,43);3-6,15-18,23,37H,1,7-14,19H2,2H3,(H,38,42);3-6,15-18,35-36H,1,7-14,19H2,2H3,(H,37,41)/t24-;;/m0../s1. The molecule has 7 N–H and O–H groups in total. The Balaban J connectivity index is 0.000000162. The molecule has 1 atom stereocenters. The number of anilines is 6. The number of rotatable bonds is 19. The summed E-state index contributed by atoms with van der Waals surface area (Å²) in [6.07, 6.45) is -7.60. The molecule has 0 aromatic heterocycles. The molecule has 0 radical (unpaired) electrons. The van der Waals surface area contributed by atoms with Gasteiger partial charge >= 0.3 is 18.5 Å². The Morgan fingerprint density at radius 2 is 0.706 bits per heavy atom. The van der Waals surface area contributed by atoms with Crippen molar-refractivity contribution in [1.29, 1.82) is 0 Å². The van der Waals surface area contributed by atoms with Crippen molar-refractivity contribution < 1.29 is 71.5 Å². The number of carbonyl (C=O) groups is 3. The molecule has 126 heavy (non-hydrogen) atoms. The normalized spacial score (nSPS) is 19.5. The van der Waals surface area contributed by atoms with Gasteiger partial charge in [0.1, 0.15) is 23.6 Å². The third kappa shape index (κ3) is 23.6. The fourth-order valence-electron chi connectivity index (χ4n) is 16.6. The van der Waals surface area contributed by atoms with Gasteiger partial charge in [-0.25, -0.2) is 17.6 Å². The number of nitrogens with zero attached hydrogens (tertiary/aromatic N) is 10. The highest BCUT2D eigenvalue weighted by Gasteiger charge is 2.43. The Labute approximate surface area is 725 Å². The summed E-state index contributed by atoms with van der Waals surface area (Å²) in [6.45, 7) is 27.8. The second-order valence-corrected chi connectivity index (χ2v) is 33.3. The maximum Gasteiger partial charge on any atom is 0.417 e. The first-order valence-electron chi connectivity index (χ1n) is 42.0. The predicted molar refractivity (Wildman–Crippen MR) is 469 cm³/mol. The highest BCUT2D eigenvalue weighted by molar-refractivity contribution is 6.11. The first-order chi connectivity index (χ1) is 59.9. The van der Waals surface area contributed by atoms with Gasteiger partial charge in [-0.05, 0) is 179 Å². The number of benzene rings is 6. The summed E-state index contributed by atoms with van der Waals surface area (Å²) in [7, 11) is 10.2. The number of amides is 3. The van der Waals surface area contributed by atoms with E-state index >= 15 is 13.2 Å². The van der Waals surface area contributed by atoms with E-state index in [1.54, 1.807) is 84.9 Å². The van der Waals surface area contributed by atoms with Crippen molar-refractivity contribution in [2.24, 2.45) is 0 Å². The quantitative estimate of drug-likeness (QED) is 0.0382. The van der Waals surface area contributed by atoms with Gasteiger partial charge in [-0.3, -0.25) is 29.1 Å². The summed E-state index contributed by atoms with van der Waals surface area (Å²) in [5, 5.41) is 19.2. The van der Waals surface area contributed by atoms with Crippen LogP contribution in [0.15, 0.2) is 216 Å². The van der Waals surface area contributed by atoms with E-state index in [2.05, 4.69) is 120 Å². The van der Waals surface area contributed by atoms with Crippen LogP contribution >= 0.6 is 0 Å². The van der Waals surface area contributed by atoms with Gasteiger partial charge in [-0.1, -0.05) is 56.1 Å². The molecule has 0 unspecified atom stereocenters. The van der Waals surface area contributed by atoms with Gasteiger partial charge < -0.3 is 71.5 Å². The van der Waals surface area contributed by atoms with E-state index in [9.17, 15) is 58.3 Å². The van der Waals surface area contributed by atoms with Crippen LogP contribution in [0.1, 0.15) is 36.0 Å². The minimum absolute atomic E-state index is 0.0171. The molecule has 6 saturated heterocycles. The lowest BCUT2D eigenvalue weighted by molar-refractivity contribution is -0.115. The van der Waals surface area contributed by atoms with Gasteiger partial charge in [-0.15, -0.1) is 0 Å². The highest BCUT2D eigenvalue weighted by Crippen LogP contribution is 2.43. The fourth-order valence-corrected chi connectivity index (χ4v) is 16.6. The smallest absolute Gasteiger partial charge is 0.367 e. The Morgan fingerprint density at radius 3 is 1.01 bits per heavy atom. The zero-order valence-electron chi connectivity index (χ0n) is 71.1. The minimum Gasteiger partial charge on any atom is -0.367 e. The average molecular weight is 1760 g/mol. The van der Waals surface area contributed by atoms with E-state index < -0.39 is 93.3 Å². The molecule has 6 fully saturated rings. The van der Waals surface area contributed by atoms with Crippen molar-refractivity contribution >= 4 is 51.8 Å². The molecule has 9 heterocycles. The molecule has 33 heteroatoms. The Morgan fingerprint density at radius 1 is 0.405 bits per heavy atom. The second kappa shape index (κ2) is 40.3. The van der Waals surface area contributed by atoms with Crippen molar-refractivity contribution in [3.8, 4) is 33.4 Å². The van der Waals surface area contributed by atoms with Crippen molar-refractivity contribution in [1.82, 2.24) is 55.6 Å². The minimum atomic E-state index is -4.76. The number of likely N-dealkylation sites (tertiary alicyclic amines) is 2. The number of allylic oxidation sites excluding steroid dienone is 3. The lowest BCUT2D eigenvalue weighted by atomic mass is 9.99. The number of dihydropyridines is 3. The van der Waals surface area contributed by atoms with Gasteiger partial charge in [0.2, 0.25) is 0 Å². The van der Waals surface area contributed by atoms with Gasteiger partial charge in [-0.2, -0.15) is 39.5 Å². The highest BCUT2D eigenvalue weighted by atomic mass is 19.4. The molecule has 6 aromatic rings. The summed E-state index contributed by atoms with van der Waals surface area (Å²) in [6, 6.07) is 31.0. The van der Waals surface area contributed by atoms with Crippen LogP contribution in [0.4, 0.5) is 91.2 Å². The molecule has 15 rings (SSSR count). The number of halogens is 13. The van der Waals surface area contributed by atoms with Crippen molar-refractivity contribution in [3.63, 3.8) is 0 Å². The monoisotopic (exact) mass is 1760 g/mol. The molecular formula is C93H106F13N17O3. The fraction of sp³-hybridized carbons (Fsp3) is 0.387. The van der Waals surface area contributed by atoms with Crippen molar-refractivity contribution in [3.05, 3.63) is 250 Å². The number of nitrogens with one attached hydrogen (secondary N) is 7. The zero-order valence-corrected chi connectivity index (χ0v) is 71.1. The van der Waals surface area contributed by atoms with Crippen LogP contribution in [-0.2, 0) is 34.0 Å². The van der Waals surface area contributed by atoms with Crippen LogP contribution in [0.2, 0.25) is 0 Å². The van der Waals surface area contributed by atoms with E-state index in [0.717, 1.165) is 138 Å². The van der Waals surface area contributed by atoms with Crippen LogP contribution in [0.25, 0.3) is 33.4 Å². The summed E-state index contributed by atoms with van der Waals surface area (Å²) in [4.78, 5) is 61.7. The topological polar surface area (TPSA) is 168 Å². The third-order valence-corrected chi connectivity index (χ3v) is 23.9. The summed E-state index contributed by atoms with van der Waals surface area (Å²) in [5.41, 5.74) is 3.35. The van der Waals surface area contributed by atoms with Gasteiger partial charge in [0.05, 0.1) is 67.6 Å². The molecule has 20 nitrogen and oxygen atoms in total. The van der Waals surface area contributed by atoms with Gasteiger partial charge in [0.25, 0.3) is 17.7 Å². The summed E-state index contributed by atoms with van der Waals surface area (Å²) >= 11 is 0. The SMILES string of the molecule is C=C1C=C(C(F)(F)F)C(C(=O)Nc2cc(-c3cc(CN4CCC(F)CC4)ccc3F)ccc2N2CCN(C)CC2)=CN1.C=C1C=C(C(F)(F)F)C(C(=O)Nc2cc(-c3cc(CN4CCNCC4)ccc3F)ccc2N2CCN(C)CC2)=CN1.C=C1C=C(C(F)(F)F)C(C(=O)Nc2cc(-c3cc(CN4CC[C@H](N(C)C)C4)ccc3F)ccc2N2CCN(C)CC2)=CN1. The Bertz CT molecular complexity index is 5230. The third-order valence-electron chi connectivity index (χ3n) is 23.9. The van der Waals surface area contributed by atoms with Gasteiger partial charge in [0, 0.05) is 209 Å². The van der Waals surface area contributed by atoms with Crippen LogP contribution in [0, 0.1) is 17.5 Å². The first kappa shape index (κ1) is 92.6. The number of likely N-dealkylation sites (N-methyl/N-ethyl adjacent to an activating group) is 4. The van der Waals surface area contributed by atoms with E-state index in [1.807, 2.05) is 27.2 Å². The number of piperidine rings is 1. The number of hydrogen-bond donors (Lipinski definition) is 7. The number of hydrogen-bond acceptors (Lipinski definition) is 17. The number of piperazine rings is 4. The molecule has 6 aromatic carbocycles. The molecule has 672 valence electrons. The molecule has 0 bridgehead atoms. The first-order valence-corrected chi connectivity index (χ1v) is 42.0. The molecule has 9 aliphatic rings. The van der Waals surface area contributed by atoms with Crippen molar-refractivity contribution in [2.75, 3.05) is 197 Å². The second-order valence-electron chi connectivity index (χ2n) is 33.3.